The van der Waals surface area contributed by atoms with Crippen LogP contribution < -0.4 is 10.6 Å². The van der Waals surface area contributed by atoms with Crippen LogP contribution in [-0.2, 0) is 11.2 Å². The number of carbonyl (C=O) groups excluding carboxylic acids is 1. The van der Waals surface area contributed by atoms with Crippen molar-refractivity contribution < 1.29 is 4.79 Å². The number of halogens is 1. The van der Waals surface area contributed by atoms with Crippen LogP contribution in [0.1, 0.15) is 24.0 Å². The Morgan fingerprint density at radius 1 is 0.969 bits per heavy atom. The van der Waals surface area contributed by atoms with E-state index in [9.17, 15) is 4.79 Å². The molecule has 2 aromatic carbocycles. The zero-order valence-electron chi connectivity index (χ0n) is 19.2. The molecule has 0 bridgehead atoms. The maximum Gasteiger partial charge on any atom is 0.219 e. The van der Waals surface area contributed by atoms with Crippen molar-refractivity contribution in [1.29, 1.82) is 0 Å². The van der Waals surface area contributed by atoms with Gasteiger partial charge < -0.3 is 15.5 Å². The lowest BCUT2D eigenvalue weighted by molar-refractivity contribution is -0.130. The van der Waals surface area contributed by atoms with Gasteiger partial charge in [-0.3, -0.25) is 14.7 Å². The summed E-state index contributed by atoms with van der Waals surface area (Å²) in [6.07, 6.45) is 0.981. The molecule has 7 heteroatoms. The lowest BCUT2D eigenvalue weighted by atomic mass is 9.92. The number of amides is 1. The normalized spacial score (nSPS) is 15.6. The number of nitrogens with zero attached hydrogens (tertiary/aromatic N) is 3. The smallest absolute Gasteiger partial charge is 0.219 e. The molecule has 1 fully saturated rings. The fourth-order valence-corrected chi connectivity index (χ4v) is 3.99. The fraction of sp³-hybridized carbons (Fsp3) is 0.440. The predicted molar refractivity (Wildman–Crippen MR) is 143 cm³/mol. The molecule has 0 aliphatic carbocycles. The van der Waals surface area contributed by atoms with Crippen LogP contribution in [0.5, 0.6) is 0 Å². The molecule has 32 heavy (non-hydrogen) atoms. The second-order valence-electron chi connectivity index (χ2n) is 8.02. The quantitative estimate of drug-likeness (QED) is 0.302. The van der Waals surface area contributed by atoms with E-state index in [-0.39, 0.29) is 29.9 Å². The van der Waals surface area contributed by atoms with Gasteiger partial charge in [0, 0.05) is 65.7 Å². The first-order valence-corrected chi connectivity index (χ1v) is 11.2. The lowest BCUT2D eigenvalue weighted by Crippen LogP contribution is -2.50. The van der Waals surface area contributed by atoms with Crippen LogP contribution >= 0.6 is 24.0 Å². The number of piperazine rings is 1. The predicted octanol–water partition coefficient (Wildman–Crippen LogP) is 2.96. The van der Waals surface area contributed by atoms with Gasteiger partial charge in [-0.1, -0.05) is 60.7 Å². The summed E-state index contributed by atoms with van der Waals surface area (Å²) in [6, 6.07) is 21.3. The number of nitrogens with one attached hydrogen (secondary N) is 2. The van der Waals surface area contributed by atoms with Crippen LogP contribution in [0.4, 0.5) is 0 Å². The third-order valence-electron chi connectivity index (χ3n) is 5.87. The van der Waals surface area contributed by atoms with Crippen LogP contribution in [0.3, 0.4) is 0 Å². The van der Waals surface area contributed by atoms with Crippen LogP contribution in [0.15, 0.2) is 65.7 Å². The van der Waals surface area contributed by atoms with Crippen molar-refractivity contribution in [3.8, 4) is 0 Å². The van der Waals surface area contributed by atoms with Crippen molar-refractivity contribution in [2.75, 3.05) is 52.9 Å². The zero-order chi connectivity index (χ0) is 21.9. The van der Waals surface area contributed by atoms with Gasteiger partial charge in [-0.05, 0) is 17.5 Å². The van der Waals surface area contributed by atoms with Crippen molar-refractivity contribution in [3.05, 3.63) is 71.8 Å². The molecular formula is C25H36IN5O. The van der Waals surface area contributed by atoms with Gasteiger partial charge in [-0.25, -0.2) is 0 Å². The lowest BCUT2D eigenvalue weighted by Gasteiger charge is -2.34. The zero-order valence-corrected chi connectivity index (χ0v) is 21.5. The highest BCUT2D eigenvalue weighted by atomic mass is 127. The van der Waals surface area contributed by atoms with Gasteiger partial charge >= 0.3 is 0 Å². The largest absolute Gasteiger partial charge is 0.356 e. The van der Waals surface area contributed by atoms with E-state index in [0.29, 0.717) is 5.92 Å². The van der Waals surface area contributed by atoms with Crippen molar-refractivity contribution in [3.63, 3.8) is 0 Å². The van der Waals surface area contributed by atoms with Gasteiger partial charge in [-0.15, -0.1) is 24.0 Å². The van der Waals surface area contributed by atoms with E-state index in [2.05, 4.69) is 81.2 Å². The summed E-state index contributed by atoms with van der Waals surface area (Å²) in [4.78, 5) is 20.2. The molecule has 6 nitrogen and oxygen atoms in total. The minimum absolute atomic E-state index is 0. The van der Waals surface area contributed by atoms with E-state index in [4.69, 9.17) is 0 Å². The number of hydrogen-bond donors (Lipinski definition) is 2. The molecule has 1 aliphatic rings. The fourth-order valence-electron chi connectivity index (χ4n) is 3.99. The Balaban J connectivity index is 0.00000363. The van der Waals surface area contributed by atoms with Crippen LogP contribution in [0.2, 0.25) is 0 Å². The Morgan fingerprint density at radius 3 is 2.19 bits per heavy atom. The Kier molecular flexibility index (Phi) is 11.5. The molecule has 1 saturated heterocycles. The molecule has 1 heterocycles. The van der Waals surface area contributed by atoms with Crippen molar-refractivity contribution in [2.45, 2.75) is 19.3 Å². The number of guanidine groups is 1. The molecule has 0 radical (unpaired) electrons. The molecule has 2 aromatic rings. The summed E-state index contributed by atoms with van der Waals surface area (Å²) in [5.74, 6) is 1.36. The number of benzene rings is 2. The highest BCUT2D eigenvalue weighted by Gasteiger charge is 2.18. The first-order chi connectivity index (χ1) is 15.2. The summed E-state index contributed by atoms with van der Waals surface area (Å²) in [5.41, 5.74) is 2.67. The molecule has 1 unspecified atom stereocenters. The first-order valence-electron chi connectivity index (χ1n) is 11.2. The van der Waals surface area contributed by atoms with Crippen LogP contribution in [-0.4, -0.2) is 74.5 Å². The van der Waals surface area contributed by atoms with E-state index < -0.39 is 0 Å². The van der Waals surface area contributed by atoms with Gasteiger partial charge in [0.05, 0.1) is 0 Å². The molecule has 0 spiro atoms. The van der Waals surface area contributed by atoms with Crippen LogP contribution in [0, 0.1) is 0 Å². The van der Waals surface area contributed by atoms with E-state index in [1.165, 1.54) is 11.1 Å². The Hall–Kier alpha value is -2.13. The number of carbonyl (C=O) groups is 1. The van der Waals surface area contributed by atoms with E-state index in [1.54, 1.807) is 6.92 Å². The molecule has 0 saturated carbocycles. The van der Waals surface area contributed by atoms with Gasteiger partial charge in [0.25, 0.3) is 0 Å². The van der Waals surface area contributed by atoms with Crippen molar-refractivity contribution in [2.24, 2.45) is 4.99 Å². The Labute approximate surface area is 209 Å². The Bertz CT molecular complexity index is 823. The highest BCUT2D eigenvalue weighted by molar-refractivity contribution is 14.0. The third-order valence-corrected chi connectivity index (χ3v) is 5.87. The van der Waals surface area contributed by atoms with Gasteiger partial charge in [0.15, 0.2) is 5.96 Å². The maximum atomic E-state index is 11.5. The van der Waals surface area contributed by atoms with Crippen molar-refractivity contribution >= 4 is 35.8 Å². The summed E-state index contributed by atoms with van der Waals surface area (Å²) >= 11 is 0. The van der Waals surface area contributed by atoms with E-state index in [1.807, 2.05) is 11.9 Å². The molecule has 2 N–H and O–H groups in total. The van der Waals surface area contributed by atoms with Gasteiger partial charge in [-0.2, -0.15) is 0 Å². The average molecular weight is 550 g/mol. The van der Waals surface area contributed by atoms with Crippen molar-refractivity contribution in [1.82, 2.24) is 20.4 Å². The minimum Gasteiger partial charge on any atom is -0.356 e. The molecule has 1 aliphatic heterocycles. The summed E-state index contributed by atoms with van der Waals surface area (Å²) in [5, 5.41) is 6.95. The van der Waals surface area contributed by atoms with Gasteiger partial charge in [0.2, 0.25) is 5.91 Å². The SMILES string of the molecule is CN=C(NCCN1CCN(C(C)=O)CC1)NCC(Cc1ccccc1)c1ccccc1.I. The molecule has 0 aromatic heterocycles. The average Bonchev–Trinajstić information content (AvgIpc) is 2.82. The first kappa shape index (κ1) is 26.1. The second-order valence-corrected chi connectivity index (χ2v) is 8.02. The second kappa shape index (κ2) is 14.1. The number of aliphatic imine (C=N–C) groups is 1. The summed E-state index contributed by atoms with van der Waals surface area (Å²) in [6.45, 7) is 7.73. The maximum absolute atomic E-state index is 11.5. The topological polar surface area (TPSA) is 60.0 Å². The van der Waals surface area contributed by atoms with Gasteiger partial charge in [0.1, 0.15) is 0 Å². The van der Waals surface area contributed by atoms with E-state index >= 15 is 0 Å². The Morgan fingerprint density at radius 2 is 1.59 bits per heavy atom. The number of rotatable bonds is 8. The minimum atomic E-state index is 0. The molecule has 174 valence electrons. The molecule has 1 amide bonds. The standard InChI is InChI=1S/C25H35N5O.HI/c1-21(31)30-17-15-29(16-18-30)14-13-27-25(26-2)28-20-24(23-11-7-4-8-12-23)19-22-9-5-3-6-10-22;/h3-12,24H,13-20H2,1-2H3,(H2,26,27,28);1H. The molecule has 3 rings (SSSR count). The summed E-state index contributed by atoms with van der Waals surface area (Å²) < 4.78 is 0. The summed E-state index contributed by atoms with van der Waals surface area (Å²) in [7, 11) is 1.82. The van der Waals surface area contributed by atoms with E-state index in [0.717, 1.165) is 58.2 Å². The molecule has 1 atom stereocenters. The van der Waals surface area contributed by atoms with Crippen LogP contribution in [0.25, 0.3) is 0 Å². The number of hydrogen-bond acceptors (Lipinski definition) is 3. The third kappa shape index (κ3) is 8.43. The monoisotopic (exact) mass is 549 g/mol. The molecular weight excluding hydrogens is 513 g/mol. The highest BCUT2D eigenvalue weighted by Crippen LogP contribution is 2.20.